The number of hydrogen-bond donors (Lipinski definition) is 1. The van der Waals surface area contributed by atoms with Gasteiger partial charge in [0.05, 0.1) is 21.2 Å². The lowest BCUT2D eigenvalue weighted by atomic mass is 9.86. The minimum atomic E-state index is 0.118. The second kappa shape index (κ2) is 17.7. The number of carbonyl (C=O) groups is 1. The summed E-state index contributed by atoms with van der Waals surface area (Å²) in [5.74, 6) is 0.885. The Morgan fingerprint density at radius 2 is 1.80 bits per heavy atom. The van der Waals surface area contributed by atoms with Crippen LogP contribution in [0, 0.1) is 5.92 Å². The smallest absolute Gasteiger partial charge is 0.224 e. The molecule has 0 saturated carbocycles. The highest BCUT2D eigenvalue weighted by Crippen LogP contribution is 2.36. The molecule has 1 N–H and O–H groups in total. The molecule has 4 aromatic rings. The van der Waals surface area contributed by atoms with Gasteiger partial charge in [-0.1, -0.05) is 80.9 Å². The standard InChI is InChI=1S/C34H39ClN4OS2.C2H6/c1-25(23-39-19-16-29(17-20-39)37-33(40)21-26-9-4-3-5-10-26)30(27-11-8-12-28(35)22-27)24-38(2)42-34-15-14-32(41-34)31-13-6-7-18-36-31;1-2/h3-15,18,22,25,29-30H,16-17,19-21,23-24H2,1-2H3,(H,37,40);1-2H3/t25?,30-;/m1./s1. The fraction of sp³-hybridized carbons (Fsp3) is 0.389. The van der Waals surface area contributed by atoms with Crippen LogP contribution in [-0.4, -0.2) is 59.4 Å². The second-order valence-electron chi connectivity index (χ2n) is 11.2. The predicted molar refractivity (Wildman–Crippen MR) is 188 cm³/mol. The average molecular weight is 649 g/mol. The maximum atomic E-state index is 12.6. The summed E-state index contributed by atoms with van der Waals surface area (Å²) in [5, 5.41) is 4.05. The topological polar surface area (TPSA) is 48.5 Å². The van der Waals surface area contributed by atoms with Crippen molar-refractivity contribution in [1.82, 2.24) is 19.5 Å². The van der Waals surface area contributed by atoms with E-state index in [1.54, 1.807) is 23.3 Å². The van der Waals surface area contributed by atoms with Gasteiger partial charge in [0.2, 0.25) is 5.91 Å². The van der Waals surface area contributed by atoms with Gasteiger partial charge < -0.3 is 10.2 Å². The predicted octanol–water partition coefficient (Wildman–Crippen LogP) is 8.67. The third kappa shape index (κ3) is 10.5. The first-order chi connectivity index (χ1) is 21.4. The number of nitrogens with zero attached hydrogens (tertiary/aromatic N) is 3. The van der Waals surface area contributed by atoms with Crippen molar-refractivity contribution < 1.29 is 4.79 Å². The van der Waals surface area contributed by atoms with Crippen molar-refractivity contribution in [3.8, 4) is 10.6 Å². The zero-order chi connectivity index (χ0) is 31.3. The van der Waals surface area contributed by atoms with Crippen molar-refractivity contribution in [3.63, 3.8) is 0 Å². The van der Waals surface area contributed by atoms with Crippen LogP contribution in [0.15, 0.2) is 95.3 Å². The Bertz CT molecular complexity index is 1410. The third-order valence-corrected chi connectivity index (χ3v) is 10.3. The zero-order valence-electron chi connectivity index (χ0n) is 26.3. The highest BCUT2D eigenvalue weighted by molar-refractivity contribution is 7.99. The van der Waals surface area contributed by atoms with Gasteiger partial charge in [-0.3, -0.25) is 9.78 Å². The molecule has 2 aromatic heterocycles. The minimum absolute atomic E-state index is 0.118. The largest absolute Gasteiger partial charge is 0.353 e. The van der Waals surface area contributed by atoms with Gasteiger partial charge in [0.25, 0.3) is 0 Å². The van der Waals surface area contributed by atoms with Crippen LogP contribution in [0.1, 0.15) is 50.7 Å². The molecule has 1 aliphatic rings. The van der Waals surface area contributed by atoms with Gasteiger partial charge in [-0.25, -0.2) is 4.31 Å². The average Bonchev–Trinajstić information content (AvgIpc) is 3.51. The molecule has 5 rings (SSSR count). The van der Waals surface area contributed by atoms with E-state index in [4.69, 9.17) is 11.6 Å². The quantitative estimate of drug-likeness (QED) is 0.156. The lowest BCUT2D eigenvalue weighted by Gasteiger charge is -2.36. The monoisotopic (exact) mass is 648 g/mol. The van der Waals surface area contributed by atoms with Crippen LogP contribution in [0.5, 0.6) is 0 Å². The van der Waals surface area contributed by atoms with Crippen molar-refractivity contribution in [2.24, 2.45) is 5.92 Å². The third-order valence-electron chi connectivity index (χ3n) is 7.87. The van der Waals surface area contributed by atoms with E-state index in [9.17, 15) is 4.79 Å². The molecule has 0 spiro atoms. The van der Waals surface area contributed by atoms with Gasteiger partial charge in [0.15, 0.2) is 0 Å². The van der Waals surface area contributed by atoms with Gasteiger partial charge in [-0.05, 0) is 85.3 Å². The van der Waals surface area contributed by atoms with Gasteiger partial charge >= 0.3 is 0 Å². The number of rotatable bonds is 12. The van der Waals surface area contributed by atoms with Gasteiger partial charge in [0.1, 0.15) is 0 Å². The summed E-state index contributed by atoms with van der Waals surface area (Å²) < 4.78 is 3.61. The molecule has 44 heavy (non-hydrogen) atoms. The molecule has 0 radical (unpaired) electrons. The van der Waals surface area contributed by atoms with Gasteiger partial charge in [0, 0.05) is 49.4 Å². The number of likely N-dealkylation sites (tertiary alicyclic amines) is 1. The fourth-order valence-corrected chi connectivity index (χ4v) is 8.07. The summed E-state index contributed by atoms with van der Waals surface area (Å²) in [7, 11) is 2.18. The van der Waals surface area contributed by atoms with Crippen LogP contribution < -0.4 is 5.32 Å². The highest BCUT2D eigenvalue weighted by Gasteiger charge is 2.27. The van der Waals surface area contributed by atoms with E-state index < -0.39 is 0 Å². The first kappa shape index (κ1) is 34.2. The second-order valence-corrected chi connectivity index (χ2v) is 14.2. The van der Waals surface area contributed by atoms with Crippen molar-refractivity contribution in [2.75, 3.05) is 33.2 Å². The molecule has 8 heteroatoms. The molecular formula is C36H45ClN4OS2. The first-order valence-electron chi connectivity index (χ1n) is 15.6. The van der Waals surface area contributed by atoms with Crippen LogP contribution in [-0.2, 0) is 11.2 Å². The number of amides is 1. The SMILES string of the molecule is CC.CC(CN1CCC(NC(=O)Cc2ccccc2)CC1)[C@@H](CN(C)Sc1ccc(-c2ccccn2)s1)c1cccc(Cl)c1. The summed E-state index contributed by atoms with van der Waals surface area (Å²) in [4.78, 5) is 20.8. The number of hydrogen-bond acceptors (Lipinski definition) is 6. The Hall–Kier alpha value is -2.68. The minimum Gasteiger partial charge on any atom is -0.353 e. The Labute approximate surface area is 277 Å². The molecule has 1 amide bonds. The van der Waals surface area contributed by atoms with Gasteiger partial charge in [-0.15, -0.1) is 11.3 Å². The number of carbonyl (C=O) groups excluding carboxylic acids is 1. The van der Waals surface area contributed by atoms with E-state index in [2.05, 4.69) is 69.9 Å². The molecule has 1 fully saturated rings. The summed E-state index contributed by atoms with van der Waals surface area (Å²) in [6, 6.07) is 29.0. The molecule has 0 aliphatic carbocycles. The van der Waals surface area contributed by atoms with E-state index in [1.807, 2.05) is 68.6 Å². The van der Waals surface area contributed by atoms with E-state index in [0.29, 0.717) is 18.3 Å². The molecular weight excluding hydrogens is 604 g/mol. The highest BCUT2D eigenvalue weighted by atomic mass is 35.5. The summed E-state index contributed by atoms with van der Waals surface area (Å²) in [5.41, 5.74) is 3.36. The molecule has 2 atom stereocenters. The summed E-state index contributed by atoms with van der Waals surface area (Å²) in [6.45, 7) is 10.3. The fourth-order valence-electron chi connectivity index (χ4n) is 5.69. The molecule has 0 bridgehead atoms. The van der Waals surface area contributed by atoms with Crippen LogP contribution in [0.4, 0.5) is 0 Å². The number of thiophene rings is 1. The normalized spacial score (nSPS) is 15.3. The Balaban J connectivity index is 0.00000216. The lowest BCUT2D eigenvalue weighted by Crippen LogP contribution is -2.46. The van der Waals surface area contributed by atoms with Crippen molar-refractivity contribution >= 4 is 40.8 Å². The Kier molecular flexibility index (Phi) is 13.8. The van der Waals surface area contributed by atoms with E-state index in [0.717, 1.165) is 55.3 Å². The number of nitrogens with one attached hydrogen (secondary N) is 1. The lowest BCUT2D eigenvalue weighted by molar-refractivity contribution is -0.121. The van der Waals surface area contributed by atoms with E-state index >= 15 is 0 Å². The first-order valence-corrected chi connectivity index (χ1v) is 17.6. The van der Waals surface area contributed by atoms with Crippen molar-refractivity contribution in [1.29, 1.82) is 0 Å². The molecule has 5 nitrogen and oxygen atoms in total. The maximum absolute atomic E-state index is 12.6. The molecule has 2 aromatic carbocycles. The summed E-state index contributed by atoms with van der Waals surface area (Å²) >= 11 is 10.0. The molecule has 1 unspecified atom stereocenters. The number of benzene rings is 2. The van der Waals surface area contributed by atoms with Crippen LogP contribution in [0.2, 0.25) is 5.02 Å². The number of halogens is 1. The van der Waals surface area contributed by atoms with E-state index in [1.165, 1.54) is 14.6 Å². The van der Waals surface area contributed by atoms with Gasteiger partial charge in [-0.2, -0.15) is 0 Å². The zero-order valence-corrected chi connectivity index (χ0v) is 28.7. The maximum Gasteiger partial charge on any atom is 0.224 e. The number of pyridine rings is 1. The molecule has 1 aliphatic heterocycles. The van der Waals surface area contributed by atoms with Crippen LogP contribution in [0.25, 0.3) is 10.6 Å². The van der Waals surface area contributed by atoms with Crippen LogP contribution in [0.3, 0.4) is 0 Å². The Morgan fingerprint density at radius 1 is 1.05 bits per heavy atom. The number of likely N-dealkylation sites (N-methyl/N-ethyl adjacent to an activating group) is 1. The number of aromatic nitrogens is 1. The van der Waals surface area contributed by atoms with Crippen molar-refractivity contribution in [2.45, 2.75) is 56.2 Å². The molecule has 1 saturated heterocycles. The molecule has 3 heterocycles. The van der Waals surface area contributed by atoms with Crippen LogP contribution >= 0.6 is 34.9 Å². The van der Waals surface area contributed by atoms with E-state index in [-0.39, 0.29) is 11.9 Å². The Morgan fingerprint density at radius 3 is 2.50 bits per heavy atom. The van der Waals surface area contributed by atoms with Crippen molar-refractivity contribution in [3.05, 3.63) is 107 Å². The number of piperidine rings is 1. The molecule has 234 valence electrons. The summed E-state index contributed by atoms with van der Waals surface area (Å²) in [6.07, 6.45) is 4.26.